The number of rotatable bonds is 0. The van der Waals surface area contributed by atoms with Gasteiger partial charge in [-0.1, -0.05) is 0 Å². The van der Waals surface area contributed by atoms with Crippen molar-refractivity contribution in [2.75, 3.05) is 0 Å². The molecule has 11 heavy (non-hydrogen) atoms. The first kappa shape index (κ1) is 6.85. The number of nitrogens with two attached hydrogens (primary N) is 1. The molecule has 0 aromatic carbocycles. The van der Waals surface area contributed by atoms with Crippen molar-refractivity contribution in [2.45, 2.75) is 25.8 Å². The summed E-state index contributed by atoms with van der Waals surface area (Å²) in [6.45, 7) is 2.08. The van der Waals surface area contributed by atoms with Crippen molar-refractivity contribution in [1.29, 1.82) is 0 Å². The van der Waals surface area contributed by atoms with Crippen LogP contribution in [0.2, 0.25) is 0 Å². The van der Waals surface area contributed by atoms with Gasteiger partial charge in [0.2, 0.25) is 0 Å². The molecule has 1 heterocycles. The maximum Gasteiger partial charge on any atom is 0.0675 e. The monoisotopic (exact) mass is 151 g/mol. The molecule has 0 bridgehead atoms. The Morgan fingerprint density at radius 2 is 2.36 bits per heavy atom. The van der Waals surface area contributed by atoms with E-state index in [1.54, 1.807) is 0 Å². The van der Waals surface area contributed by atoms with E-state index in [9.17, 15) is 0 Å². The van der Waals surface area contributed by atoms with Crippen molar-refractivity contribution in [3.8, 4) is 0 Å². The van der Waals surface area contributed by atoms with E-state index in [-0.39, 0.29) is 6.04 Å². The summed E-state index contributed by atoms with van der Waals surface area (Å²) in [4.78, 5) is 0. The van der Waals surface area contributed by atoms with E-state index in [2.05, 4.69) is 12.0 Å². The Balaban J connectivity index is 2.58. The first-order valence-corrected chi connectivity index (χ1v) is 3.98. The van der Waals surface area contributed by atoms with Gasteiger partial charge in [0.05, 0.1) is 5.69 Å². The molecule has 60 valence electrons. The number of aryl methyl sites for hydroxylation is 2. The van der Waals surface area contributed by atoms with Gasteiger partial charge in [0.25, 0.3) is 0 Å². The molecule has 0 saturated heterocycles. The van der Waals surface area contributed by atoms with E-state index < -0.39 is 0 Å². The van der Waals surface area contributed by atoms with Crippen LogP contribution in [0.3, 0.4) is 0 Å². The molecule has 2 rings (SSSR count). The van der Waals surface area contributed by atoms with Crippen molar-refractivity contribution in [1.82, 2.24) is 9.78 Å². The molecule has 3 heteroatoms. The zero-order chi connectivity index (χ0) is 8.01. The lowest BCUT2D eigenvalue weighted by molar-refractivity contribution is 0.657. The van der Waals surface area contributed by atoms with E-state index in [4.69, 9.17) is 5.73 Å². The summed E-state index contributed by atoms with van der Waals surface area (Å²) in [5.74, 6) is 0. The summed E-state index contributed by atoms with van der Waals surface area (Å²) in [7, 11) is 1.97. The third kappa shape index (κ3) is 0.807. The highest BCUT2D eigenvalue weighted by Gasteiger charge is 2.24. The standard InChI is InChI=1S/C8H13N3/c1-5-8-6(9)3-4-7(8)10-11(5)2/h6H,3-4,9H2,1-2H3. The molecule has 0 spiro atoms. The topological polar surface area (TPSA) is 43.8 Å². The largest absolute Gasteiger partial charge is 0.324 e. The molecule has 0 radical (unpaired) electrons. The maximum absolute atomic E-state index is 5.91. The Bertz CT molecular complexity index is 288. The van der Waals surface area contributed by atoms with Crippen LogP contribution in [0.4, 0.5) is 0 Å². The average molecular weight is 151 g/mol. The van der Waals surface area contributed by atoms with Crippen LogP contribution in [0.1, 0.15) is 29.4 Å². The molecular weight excluding hydrogens is 138 g/mol. The number of hydrogen-bond acceptors (Lipinski definition) is 2. The summed E-state index contributed by atoms with van der Waals surface area (Å²) in [5.41, 5.74) is 9.62. The lowest BCUT2D eigenvalue weighted by atomic mass is 10.1. The zero-order valence-corrected chi connectivity index (χ0v) is 6.96. The van der Waals surface area contributed by atoms with E-state index in [0.717, 1.165) is 12.8 Å². The molecule has 1 aliphatic rings. The van der Waals surface area contributed by atoms with Gasteiger partial charge in [-0.25, -0.2) is 0 Å². The summed E-state index contributed by atoms with van der Waals surface area (Å²) in [6, 6.07) is 0.235. The van der Waals surface area contributed by atoms with Crippen LogP contribution in [0.25, 0.3) is 0 Å². The van der Waals surface area contributed by atoms with Crippen molar-refractivity contribution < 1.29 is 0 Å². The van der Waals surface area contributed by atoms with E-state index in [1.165, 1.54) is 17.0 Å². The molecule has 1 aromatic rings. The minimum absolute atomic E-state index is 0.235. The Kier molecular flexibility index (Phi) is 1.29. The fraction of sp³-hybridized carbons (Fsp3) is 0.625. The zero-order valence-electron chi connectivity index (χ0n) is 6.96. The Hall–Kier alpha value is -0.830. The van der Waals surface area contributed by atoms with Gasteiger partial charge >= 0.3 is 0 Å². The van der Waals surface area contributed by atoms with Crippen LogP contribution < -0.4 is 5.73 Å². The highest BCUT2D eigenvalue weighted by molar-refractivity contribution is 5.32. The number of hydrogen-bond donors (Lipinski definition) is 1. The lowest BCUT2D eigenvalue weighted by Gasteiger charge is -2.03. The lowest BCUT2D eigenvalue weighted by Crippen LogP contribution is -2.07. The van der Waals surface area contributed by atoms with E-state index >= 15 is 0 Å². The fourth-order valence-corrected chi connectivity index (χ4v) is 1.80. The van der Waals surface area contributed by atoms with Crippen molar-refractivity contribution in [2.24, 2.45) is 12.8 Å². The van der Waals surface area contributed by atoms with Crippen LogP contribution in [0.5, 0.6) is 0 Å². The van der Waals surface area contributed by atoms with Gasteiger partial charge in [0.1, 0.15) is 0 Å². The molecule has 1 aliphatic carbocycles. The molecule has 1 atom stereocenters. The third-order valence-electron chi connectivity index (χ3n) is 2.52. The molecule has 1 aromatic heterocycles. The molecule has 0 amide bonds. The second-order valence-electron chi connectivity index (χ2n) is 3.21. The van der Waals surface area contributed by atoms with Crippen LogP contribution in [-0.4, -0.2) is 9.78 Å². The van der Waals surface area contributed by atoms with Gasteiger partial charge in [0.15, 0.2) is 0 Å². The van der Waals surface area contributed by atoms with Crippen LogP contribution in [0, 0.1) is 6.92 Å². The third-order valence-corrected chi connectivity index (χ3v) is 2.52. The highest BCUT2D eigenvalue weighted by atomic mass is 15.3. The minimum atomic E-state index is 0.235. The minimum Gasteiger partial charge on any atom is -0.324 e. The number of aromatic nitrogens is 2. The predicted octanol–water partition coefficient (Wildman–Crippen LogP) is 0.675. The average Bonchev–Trinajstić information content (AvgIpc) is 2.41. The molecule has 1 unspecified atom stereocenters. The fourth-order valence-electron chi connectivity index (χ4n) is 1.80. The Morgan fingerprint density at radius 3 is 3.00 bits per heavy atom. The number of nitrogens with zero attached hydrogens (tertiary/aromatic N) is 2. The summed E-state index contributed by atoms with van der Waals surface area (Å²) >= 11 is 0. The maximum atomic E-state index is 5.91. The van der Waals surface area contributed by atoms with Gasteiger partial charge < -0.3 is 5.73 Å². The predicted molar refractivity (Wildman–Crippen MR) is 43.2 cm³/mol. The highest BCUT2D eigenvalue weighted by Crippen LogP contribution is 2.30. The van der Waals surface area contributed by atoms with Crippen molar-refractivity contribution in [3.05, 3.63) is 17.0 Å². The molecular formula is C8H13N3. The van der Waals surface area contributed by atoms with Crippen molar-refractivity contribution in [3.63, 3.8) is 0 Å². The molecule has 0 aliphatic heterocycles. The normalized spacial score (nSPS) is 22.3. The summed E-state index contributed by atoms with van der Waals surface area (Å²) in [5, 5.41) is 4.38. The van der Waals surface area contributed by atoms with Gasteiger partial charge in [0, 0.05) is 24.3 Å². The second kappa shape index (κ2) is 2.08. The molecule has 0 fully saturated rings. The Morgan fingerprint density at radius 1 is 1.64 bits per heavy atom. The van der Waals surface area contributed by atoms with Gasteiger partial charge in [-0.05, 0) is 19.8 Å². The molecule has 0 saturated carbocycles. The smallest absolute Gasteiger partial charge is 0.0675 e. The van der Waals surface area contributed by atoms with Crippen LogP contribution in [0.15, 0.2) is 0 Å². The van der Waals surface area contributed by atoms with E-state index in [1.807, 2.05) is 11.7 Å². The van der Waals surface area contributed by atoms with Crippen LogP contribution >= 0.6 is 0 Å². The summed E-state index contributed by atoms with van der Waals surface area (Å²) in [6.07, 6.45) is 2.12. The number of fused-ring (bicyclic) bond motifs is 1. The van der Waals surface area contributed by atoms with Gasteiger partial charge in [-0.15, -0.1) is 0 Å². The molecule has 3 nitrogen and oxygen atoms in total. The first-order chi connectivity index (χ1) is 5.20. The quantitative estimate of drug-likeness (QED) is 0.592. The SMILES string of the molecule is Cc1c2c(nn1C)CCC2N. The van der Waals surface area contributed by atoms with Crippen LogP contribution in [-0.2, 0) is 13.5 Å². The second-order valence-corrected chi connectivity index (χ2v) is 3.21. The Labute approximate surface area is 66.2 Å². The van der Waals surface area contributed by atoms with Gasteiger partial charge in [-0.2, -0.15) is 5.10 Å². The molecule has 2 N–H and O–H groups in total. The van der Waals surface area contributed by atoms with Gasteiger partial charge in [-0.3, -0.25) is 4.68 Å². The summed E-state index contributed by atoms with van der Waals surface area (Å²) < 4.78 is 1.92. The van der Waals surface area contributed by atoms with E-state index in [0.29, 0.717) is 0 Å². The van der Waals surface area contributed by atoms with Crippen molar-refractivity contribution >= 4 is 0 Å². The first-order valence-electron chi connectivity index (χ1n) is 3.98.